The van der Waals surface area contributed by atoms with E-state index in [0.717, 1.165) is 6.07 Å². The van der Waals surface area contributed by atoms with Gasteiger partial charge in [-0.05, 0) is 48.0 Å². The number of rotatable bonds is 2. The lowest BCUT2D eigenvalue weighted by atomic mass is 10.0. The average Bonchev–Trinajstić information content (AvgIpc) is 2.38. The van der Waals surface area contributed by atoms with Gasteiger partial charge in [-0.3, -0.25) is 4.79 Å². The molecule has 2 rings (SSSR count). The number of nitrogens with one attached hydrogen (secondary N) is 1. The lowest BCUT2D eigenvalue weighted by molar-refractivity contribution is -0.274. The first kappa shape index (κ1) is 17.1. The van der Waals surface area contributed by atoms with Crippen molar-refractivity contribution in [2.75, 3.05) is 19.6 Å². The van der Waals surface area contributed by atoms with Crippen LogP contribution in [0.2, 0.25) is 0 Å². The number of ether oxygens (including phenoxy) is 1. The smallest absolute Gasteiger partial charge is 0.405 e. The molecule has 1 aliphatic heterocycles. The van der Waals surface area contributed by atoms with Gasteiger partial charge < -0.3 is 15.0 Å². The van der Waals surface area contributed by atoms with Crippen molar-refractivity contribution in [1.29, 1.82) is 0 Å². The van der Waals surface area contributed by atoms with Gasteiger partial charge in [0.2, 0.25) is 0 Å². The van der Waals surface area contributed by atoms with Crippen LogP contribution >= 0.6 is 15.9 Å². The summed E-state index contributed by atoms with van der Waals surface area (Å²) >= 11 is 2.99. The summed E-state index contributed by atoms with van der Waals surface area (Å²) in [6, 6.07) is 3.96. The third kappa shape index (κ3) is 4.36. The maximum absolute atomic E-state index is 12.5. The number of carbonyl (C=O) groups excluding carboxylic acids is 1. The van der Waals surface area contributed by atoms with E-state index in [1.165, 1.54) is 12.1 Å². The quantitative estimate of drug-likeness (QED) is 0.856. The van der Waals surface area contributed by atoms with Crippen molar-refractivity contribution in [1.82, 2.24) is 10.2 Å². The zero-order chi connectivity index (χ0) is 16.5. The molecule has 0 aromatic heterocycles. The molecule has 0 atom stereocenters. The Labute approximate surface area is 134 Å². The SMILES string of the molecule is CC1(C)CN(C(=O)c2ccc(Br)c(OC(F)(F)F)c2)CCN1. The van der Waals surface area contributed by atoms with Crippen LogP contribution in [0, 0.1) is 0 Å². The van der Waals surface area contributed by atoms with Gasteiger partial charge in [0.05, 0.1) is 4.47 Å². The first-order chi connectivity index (χ1) is 10.1. The van der Waals surface area contributed by atoms with Gasteiger partial charge in [-0.1, -0.05) is 0 Å². The minimum atomic E-state index is -4.80. The Hall–Kier alpha value is -1.28. The fourth-order valence-corrected chi connectivity index (χ4v) is 2.66. The maximum atomic E-state index is 12.5. The Bertz CT molecular complexity index is 576. The van der Waals surface area contributed by atoms with Crippen LogP contribution in [0.3, 0.4) is 0 Å². The molecule has 1 aromatic rings. The zero-order valence-corrected chi connectivity index (χ0v) is 13.7. The molecule has 0 unspecified atom stereocenters. The van der Waals surface area contributed by atoms with Crippen molar-refractivity contribution in [3.8, 4) is 5.75 Å². The lowest BCUT2D eigenvalue weighted by Crippen LogP contribution is -2.58. The number of piperazine rings is 1. The number of hydrogen-bond acceptors (Lipinski definition) is 3. The molecule has 0 bridgehead atoms. The summed E-state index contributed by atoms with van der Waals surface area (Å²) in [6.45, 7) is 5.56. The molecule has 0 saturated carbocycles. The van der Waals surface area contributed by atoms with Gasteiger partial charge in [0.25, 0.3) is 5.91 Å². The molecule has 4 nitrogen and oxygen atoms in total. The van der Waals surface area contributed by atoms with E-state index in [2.05, 4.69) is 26.0 Å². The van der Waals surface area contributed by atoms with Gasteiger partial charge in [-0.15, -0.1) is 13.2 Å². The molecule has 1 aliphatic rings. The van der Waals surface area contributed by atoms with E-state index in [-0.39, 0.29) is 21.5 Å². The van der Waals surface area contributed by atoms with Gasteiger partial charge in [0.1, 0.15) is 5.75 Å². The van der Waals surface area contributed by atoms with Gasteiger partial charge in [-0.25, -0.2) is 0 Å². The van der Waals surface area contributed by atoms with Gasteiger partial charge in [0, 0.05) is 30.7 Å². The highest BCUT2D eigenvalue weighted by atomic mass is 79.9. The third-order valence-electron chi connectivity index (χ3n) is 3.26. The van der Waals surface area contributed by atoms with Crippen molar-refractivity contribution in [2.45, 2.75) is 25.7 Å². The van der Waals surface area contributed by atoms with Gasteiger partial charge in [0.15, 0.2) is 0 Å². The molecule has 1 saturated heterocycles. The van der Waals surface area contributed by atoms with E-state index < -0.39 is 12.1 Å². The summed E-state index contributed by atoms with van der Waals surface area (Å²) in [5.41, 5.74) is -0.0608. The standard InChI is InChI=1S/C14H16BrF3N2O2/c1-13(2)8-20(6-5-19-13)12(21)9-3-4-10(15)11(7-9)22-14(16,17)18/h3-4,7,19H,5-6,8H2,1-2H3. The Morgan fingerprint density at radius 3 is 2.68 bits per heavy atom. The van der Waals surface area contributed by atoms with Crippen LogP contribution in [0.25, 0.3) is 0 Å². The van der Waals surface area contributed by atoms with Crippen molar-refractivity contribution < 1.29 is 22.7 Å². The molecule has 1 amide bonds. The van der Waals surface area contributed by atoms with Crippen LogP contribution in [0.5, 0.6) is 5.75 Å². The number of nitrogens with zero attached hydrogens (tertiary/aromatic N) is 1. The highest BCUT2D eigenvalue weighted by Gasteiger charge is 2.33. The van der Waals surface area contributed by atoms with Crippen LogP contribution < -0.4 is 10.1 Å². The van der Waals surface area contributed by atoms with E-state index in [1.54, 1.807) is 4.90 Å². The number of carbonyl (C=O) groups is 1. The molecule has 1 fully saturated rings. The van der Waals surface area contributed by atoms with Crippen LogP contribution in [-0.4, -0.2) is 42.3 Å². The second-order valence-electron chi connectivity index (χ2n) is 5.73. The van der Waals surface area contributed by atoms with Crippen molar-refractivity contribution >= 4 is 21.8 Å². The number of alkyl halides is 3. The first-order valence-corrected chi connectivity index (χ1v) is 7.46. The monoisotopic (exact) mass is 380 g/mol. The highest BCUT2D eigenvalue weighted by Crippen LogP contribution is 2.31. The molecule has 22 heavy (non-hydrogen) atoms. The van der Waals surface area contributed by atoms with Crippen molar-refractivity contribution in [3.63, 3.8) is 0 Å². The number of hydrogen-bond donors (Lipinski definition) is 1. The van der Waals surface area contributed by atoms with E-state index in [4.69, 9.17) is 0 Å². The second-order valence-corrected chi connectivity index (χ2v) is 6.58. The van der Waals surface area contributed by atoms with Gasteiger partial charge in [-0.2, -0.15) is 0 Å². The Morgan fingerprint density at radius 2 is 2.09 bits per heavy atom. The number of halogens is 4. The topological polar surface area (TPSA) is 41.6 Å². The molecule has 1 heterocycles. The van der Waals surface area contributed by atoms with Crippen LogP contribution in [0.15, 0.2) is 22.7 Å². The highest BCUT2D eigenvalue weighted by molar-refractivity contribution is 9.10. The van der Waals surface area contributed by atoms with Crippen LogP contribution in [0.4, 0.5) is 13.2 Å². The minimum Gasteiger partial charge on any atom is -0.405 e. The maximum Gasteiger partial charge on any atom is 0.573 e. The van der Waals surface area contributed by atoms with Crippen LogP contribution in [-0.2, 0) is 0 Å². The molecular formula is C14H16BrF3N2O2. The predicted molar refractivity (Wildman–Crippen MR) is 78.8 cm³/mol. The molecule has 1 aromatic carbocycles. The Balaban J connectivity index is 2.21. The normalized spacial score (nSPS) is 18.2. The van der Waals surface area contributed by atoms with Crippen molar-refractivity contribution in [2.24, 2.45) is 0 Å². The zero-order valence-electron chi connectivity index (χ0n) is 12.1. The molecule has 8 heteroatoms. The van der Waals surface area contributed by atoms with E-state index in [9.17, 15) is 18.0 Å². The number of benzene rings is 1. The minimum absolute atomic E-state index is 0.141. The van der Waals surface area contributed by atoms with E-state index in [0.29, 0.717) is 19.6 Å². The van der Waals surface area contributed by atoms with Gasteiger partial charge >= 0.3 is 6.36 Å². The number of amides is 1. The predicted octanol–water partition coefficient (Wildman–Crippen LogP) is 3.17. The van der Waals surface area contributed by atoms with Crippen LogP contribution in [0.1, 0.15) is 24.2 Å². The summed E-state index contributed by atoms with van der Waals surface area (Å²) < 4.78 is 41.2. The molecule has 122 valence electrons. The molecule has 0 spiro atoms. The summed E-state index contributed by atoms with van der Waals surface area (Å²) in [5, 5.41) is 3.27. The lowest BCUT2D eigenvalue weighted by Gasteiger charge is -2.39. The second kappa shape index (κ2) is 6.08. The summed E-state index contributed by atoms with van der Waals surface area (Å²) in [7, 11) is 0. The fourth-order valence-electron chi connectivity index (χ4n) is 2.34. The summed E-state index contributed by atoms with van der Waals surface area (Å²) in [6.07, 6.45) is -4.80. The molecule has 0 radical (unpaired) electrons. The van der Waals surface area contributed by atoms with E-state index in [1.807, 2.05) is 13.8 Å². The Morgan fingerprint density at radius 1 is 1.41 bits per heavy atom. The fraction of sp³-hybridized carbons (Fsp3) is 0.500. The first-order valence-electron chi connectivity index (χ1n) is 6.67. The van der Waals surface area contributed by atoms with E-state index >= 15 is 0 Å². The largest absolute Gasteiger partial charge is 0.573 e. The molecule has 1 N–H and O–H groups in total. The summed E-state index contributed by atoms with van der Waals surface area (Å²) in [5.74, 6) is -0.734. The Kier molecular flexibility index (Phi) is 4.72. The molecular weight excluding hydrogens is 365 g/mol. The third-order valence-corrected chi connectivity index (χ3v) is 3.92. The molecule has 0 aliphatic carbocycles. The average molecular weight is 381 g/mol. The summed E-state index contributed by atoms with van der Waals surface area (Å²) in [4.78, 5) is 14.1. The van der Waals surface area contributed by atoms with Crippen molar-refractivity contribution in [3.05, 3.63) is 28.2 Å².